The maximum absolute atomic E-state index is 11.4. The Morgan fingerprint density at radius 3 is 2.35 bits per heavy atom. The summed E-state index contributed by atoms with van der Waals surface area (Å²) in [7, 11) is -4.78. The van der Waals surface area contributed by atoms with Crippen LogP contribution in [0.3, 0.4) is 0 Å². The van der Waals surface area contributed by atoms with Crippen LogP contribution in [0.15, 0.2) is 53.4 Å². The second kappa shape index (κ2) is 9.31. The average Bonchev–Trinajstić information content (AvgIpc) is 2.49. The zero-order valence-corrected chi connectivity index (χ0v) is 17.6. The molecule has 2 rings (SSSR count). The molecule has 0 aliphatic rings. The van der Waals surface area contributed by atoms with Crippen LogP contribution in [0.4, 0.5) is 0 Å². The topological polar surface area (TPSA) is 54.4 Å². The Bertz CT molecular complexity index is 739. The van der Waals surface area contributed by atoms with Gasteiger partial charge in [-0.1, -0.05) is 49.7 Å². The Labute approximate surface area is 163 Å². The normalized spacial score (nSPS) is 12.5. The van der Waals surface area contributed by atoms with E-state index in [1.165, 1.54) is 11.4 Å². The monoisotopic (exact) mass is 360 g/mol. The molecule has 6 heteroatoms. The van der Waals surface area contributed by atoms with Gasteiger partial charge in [-0.3, -0.25) is 4.55 Å². The van der Waals surface area contributed by atoms with E-state index in [1.54, 1.807) is 12.1 Å². The van der Waals surface area contributed by atoms with E-state index in [0.29, 0.717) is 0 Å². The van der Waals surface area contributed by atoms with Crippen molar-refractivity contribution in [2.24, 2.45) is 0 Å². The SMILES string of the molecule is CCCCP(c1ccccc1)c1cc(S(=O)(=O)O)ccc1C.[H-].[Na+]. The molecule has 0 aromatic heterocycles. The molecule has 0 aliphatic heterocycles. The minimum absolute atomic E-state index is 0. The predicted molar refractivity (Wildman–Crippen MR) is 94.5 cm³/mol. The molecule has 1 N–H and O–H groups in total. The Morgan fingerprint density at radius 2 is 1.78 bits per heavy atom. The van der Waals surface area contributed by atoms with Crippen LogP contribution < -0.4 is 40.2 Å². The molecule has 0 amide bonds. The summed E-state index contributed by atoms with van der Waals surface area (Å²) >= 11 is 0. The standard InChI is InChI=1S/C17H21O3PS.Na.H/c1-3-4-12-21(15-8-6-5-7-9-15)17-13-16(22(18,19)20)11-10-14(17)2;;/h5-11,13H,3-4,12H2,1-2H3,(H,18,19,20);;/q;+1;-1. The van der Waals surface area contributed by atoms with Crippen LogP contribution in [-0.2, 0) is 10.1 Å². The number of unbranched alkanes of at least 4 members (excludes halogenated alkanes) is 1. The first kappa shape index (κ1) is 20.8. The smallest absolute Gasteiger partial charge is 1.00 e. The van der Waals surface area contributed by atoms with Gasteiger partial charge in [-0.05, 0) is 55.7 Å². The van der Waals surface area contributed by atoms with Crippen LogP contribution >= 0.6 is 7.92 Å². The molecule has 0 spiro atoms. The molecule has 0 saturated heterocycles. The molecule has 0 heterocycles. The van der Waals surface area contributed by atoms with Crippen molar-refractivity contribution in [3.8, 4) is 0 Å². The minimum Gasteiger partial charge on any atom is -1.00 e. The quantitative estimate of drug-likeness (QED) is 0.466. The van der Waals surface area contributed by atoms with Crippen molar-refractivity contribution in [2.45, 2.75) is 31.6 Å². The molecule has 0 aliphatic carbocycles. The molecule has 2 aromatic carbocycles. The Morgan fingerprint density at radius 1 is 1.13 bits per heavy atom. The molecule has 2 aromatic rings. The number of aryl methyl sites for hydroxylation is 1. The van der Waals surface area contributed by atoms with Gasteiger partial charge in [0.25, 0.3) is 10.1 Å². The van der Waals surface area contributed by atoms with Gasteiger partial charge < -0.3 is 1.43 Å². The summed E-state index contributed by atoms with van der Waals surface area (Å²) in [6.45, 7) is 4.15. The zero-order valence-electron chi connectivity index (χ0n) is 14.9. The second-order valence-electron chi connectivity index (χ2n) is 5.26. The van der Waals surface area contributed by atoms with E-state index in [9.17, 15) is 13.0 Å². The molecular weight excluding hydrogens is 338 g/mol. The van der Waals surface area contributed by atoms with Gasteiger partial charge in [0.1, 0.15) is 0 Å². The predicted octanol–water partition coefficient (Wildman–Crippen LogP) is 0.591. The Balaban J connectivity index is 0.00000264. The Kier molecular flexibility index (Phi) is 8.43. The molecule has 3 nitrogen and oxygen atoms in total. The van der Waals surface area contributed by atoms with Crippen LogP contribution in [0.25, 0.3) is 0 Å². The van der Waals surface area contributed by atoms with Crippen LogP contribution in [0.2, 0.25) is 0 Å². The maximum atomic E-state index is 11.4. The van der Waals surface area contributed by atoms with Crippen molar-refractivity contribution < 1.29 is 44.0 Å². The van der Waals surface area contributed by atoms with E-state index in [0.717, 1.165) is 29.9 Å². The average molecular weight is 360 g/mol. The fourth-order valence-electron chi connectivity index (χ4n) is 2.35. The van der Waals surface area contributed by atoms with E-state index in [-0.39, 0.29) is 35.9 Å². The molecule has 0 fully saturated rings. The van der Waals surface area contributed by atoms with Gasteiger partial charge in [0.2, 0.25) is 0 Å². The van der Waals surface area contributed by atoms with Crippen molar-refractivity contribution in [2.75, 3.05) is 6.16 Å². The van der Waals surface area contributed by atoms with Crippen LogP contribution in [0.5, 0.6) is 0 Å². The largest absolute Gasteiger partial charge is 1.00 e. The summed E-state index contributed by atoms with van der Waals surface area (Å²) in [5, 5.41) is 2.27. The van der Waals surface area contributed by atoms with Gasteiger partial charge in [-0.2, -0.15) is 8.42 Å². The summed E-state index contributed by atoms with van der Waals surface area (Å²) in [5.74, 6) is 0. The van der Waals surface area contributed by atoms with E-state index >= 15 is 0 Å². The molecule has 0 radical (unpaired) electrons. The van der Waals surface area contributed by atoms with Crippen molar-refractivity contribution in [1.82, 2.24) is 0 Å². The van der Waals surface area contributed by atoms with Gasteiger partial charge in [0.05, 0.1) is 4.90 Å². The van der Waals surface area contributed by atoms with Crippen molar-refractivity contribution in [3.05, 3.63) is 54.1 Å². The fourth-order valence-corrected chi connectivity index (χ4v) is 5.68. The third-order valence-corrected chi connectivity index (χ3v) is 7.17. The zero-order chi connectivity index (χ0) is 16.2. The van der Waals surface area contributed by atoms with Gasteiger partial charge in [0.15, 0.2) is 0 Å². The van der Waals surface area contributed by atoms with Gasteiger partial charge in [0, 0.05) is 0 Å². The number of rotatable bonds is 6. The van der Waals surface area contributed by atoms with E-state index in [2.05, 4.69) is 19.1 Å². The molecule has 0 bridgehead atoms. The molecule has 1 unspecified atom stereocenters. The summed E-state index contributed by atoms with van der Waals surface area (Å²) in [6, 6.07) is 15.1. The van der Waals surface area contributed by atoms with Crippen LogP contribution in [-0.4, -0.2) is 19.1 Å². The second-order valence-corrected chi connectivity index (χ2v) is 8.99. The summed E-state index contributed by atoms with van der Waals surface area (Å²) in [5.41, 5.74) is 1.07. The van der Waals surface area contributed by atoms with Crippen molar-refractivity contribution in [1.29, 1.82) is 0 Å². The van der Waals surface area contributed by atoms with Gasteiger partial charge in [-0.15, -0.1) is 0 Å². The Hall–Kier alpha value is -0.220. The van der Waals surface area contributed by atoms with Crippen molar-refractivity contribution >= 4 is 28.6 Å². The van der Waals surface area contributed by atoms with Crippen LogP contribution in [0.1, 0.15) is 26.8 Å². The van der Waals surface area contributed by atoms with E-state index in [1.807, 2.05) is 25.1 Å². The number of hydrogen-bond donors (Lipinski definition) is 1. The first-order valence-electron chi connectivity index (χ1n) is 7.34. The summed E-state index contributed by atoms with van der Waals surface area (Å²) in [4.78, 5) is -0.0203. The first-order chi connectivity index (χ1) is 10.4. The van der Waals surface area contributed by atoms with Crippen LogP contribution in [0, 0.1) is 6.92 Å². The third-order valence-electron chi connectivity index (χ3n) is 3.57. The molecular formula is C17H22NaO3PS. The third kappa shape index (κ3) is 5.67. The summed E-state index contributed by atoms with van der Waals surface area (Å²) < 4.78 is 32.2. The molecule has 120 valence electrons. The minimum atomic E-state index is -4.17. The first-order valence-corrected chi connectivity index (χ1v) is 10.3. The molecule has 1 atom stereocenters. The van der Waals surface area contributed by atoms with Gasteiger partial charge in [-0.25, -0.2) is 0 Å². The van der Waals surface area contributed by atoms with E-state index < -0.39 is 18.0 Å². The molecule has 0 saturated carbocycles. The number of benzene rings is 2. The van der Waals surface area contributed by atoms with Gasteiger partial charge >= 0.3 is 29.6 Å². The maximum Gasteiger partial charge on any atom is 1.00 e. The fraction of sp³-hybridized carbons (Fsp3) is 0.294. The molecule has 23 heavy (non-hydrogen) atoms. The van der Waals surface area contributed by atoms with E-state index in [4.69, 9.17) is 0 Å². The summed E-state index contributed by atoms with van der Waals surface area (Å²) in [6.07, 6.45) is 3.21. The number of hydrogen-bond acceptors (Lipinski definition) is 2. The van der Waals surface area contributed by atoms with Crippen molar-refractivity contribution in [3.63, 3.8) is 0 Å².